The SMILES string of the molecule is O=C(CC1CSCCN1)NCc1nccn1CCc1ccccc1. The predicted octanol–water partition coefficient (Wildman–Crippen LogP) is 1.84. The topological polar surface area (TPSA) is 59.0 Å². The monoisotopic (exact) mass is 344 g/mol. The minimum absolute atomic E-state index is 0.0904. The largest absolute Gasteiger partial charge is 0.349 e. The number of nitrogens with one attached hydrogen (secondary N) is 2. The van der Waals surface area contributed by atoms with E-state index in [0.717, 1.165) is 36.8 Å². The summed E-state index contributed by atoms with van der Waals surface area (Å²) in [4.78, 5) is 16.5. The Hall–Kier alpha value is -1.79. The highest BCUT2D eigenvalue weighted by Crippen LogP contribution is 2.10. The molecular formula is C18H24N4OS. The maximum atomic E-state index is 12.1. The second kappa shape index (κ2) is 8.89. The summed E-state index contributed by atoms with van der Waals surface area (Å²) in [6.07, 6.45) is 5.27. The molecule has 1 saturated heterocycles. The Bertz CT molecular complexity index is 637. The Kier molecular flexibility index (Phi) is 6.32. The van der Waals surface area contributed by atoms with E-state index >= 15 is 0 Å². The summed E-state index contributed by atoms with van der Waals surface area (Å²) in [6.45, 7) is 2.35. The van der Waals surface area contributed by atoms with Crippen molar-refractivity contribution in [2.45, 2.75) is 32.0 Å². The highest BCUT2D eigenvalue weighted by Gasteiger charge is 2.16. The van der Waals surface area contributed by atoms with Gasteiger partial charge in [-0.3, -0.25) is 4.79 Å². The number of rotatable bonds is 7. The van der Waals surface area contributed by atoms with E-state index in [9.17, 15) is 4.79 Å². The van der Waals surface area contributed by atoms with Gasteiger partial charge in [0.05, 0.1) is 6.54 Å². The number of hydrogen-bond donors (Lipinski definition) is 2. The number of imidazole rings is 1. The van der Waals surface area contributed by atoms with E-state index < -0.39 is 0 Å². The highest BCUT2D eigenvalue weighted by atomic mass is 32.2. The molecule has 6 heteroatoms. The fourth-order valence-electron chi connectivity index (χ4n) is 2.83. The van der Waals surface area contributed by atoms with Gasteiger partial charge in [-0.15, -0.1) is 0 Å². The summed E-state index contributed by atoms with van der Waals surface area (Å²) in [5.41, 5.74) is 1.31. The van der Waals surface area contributed by atoms with E-state index in [0.29, 0.717) is 19.0 Å². The van der Waals surface area contributed by atoms with Crippen molar-refractivity contribution in [3.05, 3.63) is 54.1 Å². The van der Waals surface area contributed by atoms with E-state index in [4.69, 9.17) is 0 Å². The molecule has 1 fully saturated rings. The molecule has 0 bridgehead atoms. The van der Waals surface area contributed by atoms with Gasteiger partial charge in [-0.25, -0.2) is 4.98 Å². The molecule has 3 rings (SSSR count). The Morgan fingerprint density at radius 3 is 3.04 bits per heavy atom. The van der Waals surface area contributed by atoms with Gasteiger partial charge < -0.3 is 15.2 Å². The molecule has 1 aliphatic rings. The first-order valence-corrected chi connectivity index (χ1v) is 9.58. The second-order valence-corrected chi connectivity index (χ2v) is 7.13. The van der Waals surface area contributed by atoms with Crippen LogP contribution in [0.5, 0.6) is 0 Å². The zero-order chi connectivity index (χ0) is 16.6. The van der Waals surface area contributed by atoms with Crippen LogP contribution in [0.25, 0.3) is 0 Å². The van der Waals surface area contributed by atoms with Crippen LogP contribution >= 0.6 is 11.8 Å². The fraction of sp³-hybridized carbons (Fsp3) is 0.444. The van der Waals surface area contributed by atoms with Crippen LogP contribution < -0.4 is 10.6 Å². The molecule has 0 aliphatic carbocycles. The molecule has 128 valence electrons. The normalized spacial score (nSPS) is 17.6. The molecular weight excluding hydrogens is 320 g/mol. The Morgan fingerprint density at radius 1 is 1.38 bits per heavy atom. The number of hydrogen-bond acceptors (Lipinski definition) is 4. The average molecular weight is 344 g/mol. The van der Waals surface area contributed by atoms with Crippen LogP contribution in [0, 0.1) is 0 Å². The van der Waals surface area contributed by atoms with Gasteiger partial charge in [0.15, 0.2) is 0 Å². The maximum absolute atomic E-state index is 12.1. The lowest BCUT2D eigenvalue weighted by Gasteiger charge is -2.22. The minimum atomic E-state index is 0.0904. The number of nitrogens with zero attached hydrogens (tertiary/aromatic N) is 2. The van der Waals surface area contributed by atoms with Crippen molar-refractivity contribution in [3.8, 4) is 0 Å². The number of carbonyl (C=O) groups excluding carboxylic acids is 1. The second-order valence-electron chi connectivity index (χ2n) is 5.98. The predicted molar refractivity (Wildman–Crippen MR) is 98.0 cm³/mol. The van der Waals surface area contributed by atoms with Crippen molar-refractivity contribution in [2.24, 2.45) is 0 Å². The van der Waals surface area contributed by atoms with Crippen molar-refractivity contribution < 1.29 is 4.79 Å². The van der Waals surface area contributed by atoms with Gasteiger partial charge in [-0.05, 0) is 12.0 Å². The zero-order valence-electron chi connectivity index (χ0n) is 13.8. The van der Waals surface area contributed by atoms with E-state index in [1.165, 1.54) is 5.56 Å². The van der Waals surface area contributed by atoms with Gasteiger partial charge in [0.1, 0.15) is 5.82 Å². The van der Waals surface area contributed by atoms with Crippen LogP contribution in [0.15, 0.2) is 42.7 Å². The zero-order valence-corrected chi connectivity index (χ0v) is 14.6. The number of thioether (sulfide) groups is 1. The number of carbonyl (C=O) groups is 1. The van der Waals surface area contributed by atoms with Gasteiger partial charge in [0.2, 0.25) is 5.91 Å². The Morgan fingerprint density at radius 2 is 2.25 bits per heavy atom. The summed E-state index contributed by atoms with van der Waals surface area (Å²) < 4.78 is 2.11. The summed E-state index contributed by atoms with van der Waals surface area (Å²) in [6, 6.07) is 10.7. The molecule has 1 aromatic heterocycles. The molecule has 2 N–H and O–H groups in total. The van der Waals surface area contributed by atoms with Crippen molar-refractivity contribution in [1.82, 2.24) is 20.2 Å². The van der Waals surface area contributed by atoms with Crippen molar-refractivity contribution in [1.29, 1.82) is 0 Å². The van der Waals surface area contributed by atoms with E-state index in [-0.39, 0.29) is 5.91 Å². The van der Waals surface area contributed by atoms with E-state index in [1.54, 1.807) is 6.20 Å². The number of benzene rings is 1. The summed E-state index contributed by atoms with van der Waals surface area (Å²) in [7, 11) is 0. The molecule has 2 aromatic rings. The molecule has 1 unspecified atom stereocenters. The first-order chi connectivity index (χ1) is 11.8. The molecule has 1 aliphatic heterocycles. The Balaban J connectivity index is 1.45. The van der Waals surface area contributed by atoms with Crippen LogP contribution in [0.4, 0.5) is 0 Å². The van der Waals surface area contributed by atoms with Crippen LogP contribution in [-0.2, 0) is 24.3 Å². The third kappa shape index (κ3) is 5.11. The molecule has 0 saturated carbocycles. The lowest BCUT2D eigenvalue weighted by atomic mass is 10.1. The molecule has 0 spiro atoms. The number of amides is 1. The first kappa shape index (κ1) is 17.0. The third-order valence-corrected chi connectivity index (χ3v) is 5.29. The number of aromatic nitrogens is 2. The van der Waals surface area contributed by atoms with Crippen molar-refractivity contribution >= 4 is 17.7 Å². The van der Waals surface area contributed by atoms with Crippen LogP contribution in [0.1, 0.15) is 17.8 Å². The molecule has 1 aromatic carbocycles. The maximum Gasteiger partial charge on any atom is 0.221 e. The smallest absolute Gasteiger partial charge is 0.221 e. The molecule has 1 amide bonds. The minimum Gasteiger partial charge on any atom is -0.349 e. The molecule has 1 atom stereocenters. The van der Waals surface area contributed by atoms with Crippen LogP contribution in [0.2, 0.25) is 0 Å². The quantitative estimate of drug-likeness (QED) is 0.805. The third-order valence-electron chi connectivity index (χ3n) is 4.16. The van der Waals surface area contributed by atoms with Gasteiger partial charge in [0, 0.05) is 49.5 Å². The van der Waals surface area contributed by atoms with Crippen molar-refractivity contribution in [3.63, 3.8) is 0 Å². The van der Waals surface area contributed by atoms with Gasteiger partial charge in [-0.2, -0.15) is 11.8 Å². The number of aryl methyl sites for hydroxylation is 2. The van der Waals surface area contributed by atoms with E-state index in [1.807, 2.05) is 24.0 Å². The fourth-order valence-corrected chi connectivity index (χ4v) is 3.78. The molecule has 5 nitrogen and oxygen atoms in total. The molecule has 0 radical (unpaired) electrons. The summed E-state index contributed by atoms with van der Waals surface area (Å²) >= 11 is 1.91. The molecule has 2 heterocycles. The Labute approximate surface area is 147 Å². The van der Waals surface area contributed by atoms with Crippen molar-refractivity contribution in [2.75, 3.05) is 18.1 Å². The summed E-state index contributed by atoms with van der Waals surface area (Å²) in [5.74, 6) is 3.15. The summed E-state index contributed by atoms with van der Waals surface area (Å²) in [5, 5.41) is 6.39. The van der Waals surface area contributed by atoms with Crippen LogP contribution in [0.3, 0.4) is 0 Å². The first-order valence-electron chi connectivity index (χ1n) is 8.43. The van der Waals surface area contributed by atoms with Gasteiger partial charge in [0.25, 0.3) is 0 Å². The lowest BCUT2D eigenvalue weighted by molar-refractivity contribution is -0.121. The van der Waals surface area contributed by atoms with Crippen LogP contribution in [-0.4, -0.2) is 39.6 Å². The van der Waals surface area contributed by atoms with E-state index in [2.05, 4.69) is 44.5 Å². The lowest BCUT2D eigenvalue weighted by Crippen LogP contribution is -2.41. The van der Waals surface area contributed by atoms with Gasteiger partial charge in [-0.1, -0.05) is 30.3 Å². The van der Waals surface area contributed by atoms with Gasteiger partial charge >= 0.3 is 0 Å². The highest BCUT2D eigenvalue weighted by molar-refractivity contribution is 7.99. The molecule has 24 heavy (non-hydrogen) atoms. The average Bonchev–Trinajstić information content (AvgIpc) is 3.07. The standard InChI is InChI=1S/C18H24N4OS/c23-18(12-16-14-24-11-8-19-16)21-13-17-20-7-10-22(17)9-6-15-4-2-1-3-5-15/h1-5,7,10,16,19H,6,8-9,11-14H2,(H,21,23).